The van der Waals surface area contributed by atoms with Crippen molar-refractivity contribution < 1.29 is 14.2 Å². The quantitative estimate of drug-likeness (QED) is 0.850. The topological polar surface area (TPSA) is 53.7 Å². The van der Waals surface area contributed by atoms with Crippen molar-refractivity contribution in [2.75, 3.05) is 20.8 Å². The predicted octanol–water partition coefficient (Wildman–Crippen LogP) is 2.92. The Morgan fingerprint density at radius 3 is 2.43 bits per heavy atom. The first kappa shape index (κ1) is 15.4. The Kier molecular flexibility index (Phi) is 5.60. The van der Waals surface area contributed by atoms with Crippen molar-refractivity contribution in [1.82, 2.24) is 0 Å². The van der Waals surface area contributed by atoms with Crippen molar-refractivity contribution in [3.8, 4) is 11.5 Å². The Hall–Kier alpha value is -2.04. The van der Waals surface area contributed by atoms with E-state index in [1.54, 1.807) is 14.2 Å². The van der Waals surface area contributed by atoms with Crippen LogP contribution < -0.4 is 15.2 Å². The summed E-state index contributed by atoms with van der Waals surface area (Å²) in [4.78, 5) is 0. The first-order chi connectivity index (χ1) is 10.2. The summed E-state index contributed by atoms with van der Waals surface area (Å²) in [6.45, 7) is 0.958. The van der Waals surface area contributed by atoms with E-state index < -0.39 is 0 Å². The Balaban J connectivity index is 1.97. The molecule has 2 N–H and O–H groups in total. The summed E-state index contributed by atoms with van der Waals surface area (Å²) >= 11 is 0. The third kappa shape index (κ3) is 4.21. The summed E-state index contributed by atoms with van der Waals surface area (Å²) in [5.74, 6) is 1.50. The van der Waals surface area contributed by atoms with Gasteiger partial charge in [0.25, 0.3) is 0 Å². The molecule has 2 aromatic rings. The monoisotopic (exact) mass is 287 g/mol. The van der Waals surface area contributed by atoms with E-state index in [1.165, 1.54) is 0 Å². The molecule has 0 aromatic heterocycles. The lowest BCUT2D eigenvalue weighted by molar-refractivity contribution is 0.107. The lowest BCUT2D eigenvalue weighted by Crippen LogP contribution is -2.18. The van der Waals surface area contributed by atoms with Crippen LogP contribution in [-0.2, 0) is 11.3 Å². The predicted molar refractivity (Wildman–Crippen MR) is 82.6 cm³/mol. The van der Waals surface area contributed by atoms with Gasteiger partial charge in [-0.05, 0) is 23.8 Å². The molecule has 0 aliphatic heterocycles. The second kappa shape index (κ2) is 7.67. The van der Waals surface area contributed by atoms with E-state index in [2.05, 4.69) is 0 Å². The van der Waals surface area contributed by atoms with Crippen LogP contribution in [0.4, 0.5) is 0 Å². The highest BCUT2D eigenvalue weighted by Gasteiger charge is 2.13. The van der Waals surface area contributed by atoms with Gasteiger partial charge in [-0.2, -0.15) is 0 Å². The molecule has 0 saturated carbocycles. The molecule has 0 bridgehead atoms. The third-order valence-electron chi connectivity index (χ3n) is 3.25. The first-order valence-electron chi connectivity index (χ1n) is 6.83. The lowest BCUT2D eigenvalue weighted by Gasteiger charge is -2.17. The molecule has 1 atom stereocenters. The minimum atomic E-state index is -0.265. The molecule has 112 valence electrons. The fourth-order valence-electron chi connectivity index (χ4n) is 2.10. The average molecular weight is 287 g/mol. The Bertz CT molecular complexity index is 557. The molecular formula is C17H21NO3. The zero-order valence-corrected chi connectivity index (χ0v) is 12.4. The minimum Gasteiger partial charge on any atom is -0.497 e. The Labute approximate surface area is 125 Å². The average Bonchev–Trinajstić information content (AvgIpc) is 2.55. The van der Waals surface area contributed by atoms with Gasteiger partial charge in [-0.15, -0.1) is 0 Å². The summed E-state index contributed by atoms with van der Waals surface area (Å²) < 4.78 is 16.3. The van der Waals surface area contributed by atoms with Crippen LogP contribution in [0, 0.1) is 0 Å². The van der Waals surface area contributed by atoms with Crippen molar-refractivity contribution in [3.63, 3.8) is 0 Å². The Morgan fingerprint density at radius 1 is 1.00 bits per heavy atom. The maximum Gasteiger partial charge on any atom is 0.123 e. The molecular weight excluding hydrogens is 266 g/mol. The van der Waals surface area contributed by atoms with Gasteiger partial charge in [-0.25, -0.2) is 0 Å². The van der Waals surface area contributed by atoms with Crippen LogP contribution in [0.25, 0.3) is 0 Å². The highest BCUT2D eigenvalue weighted by molar-refractivity contribution is 5.42. The number of nitrogens with two attached hydrogens (primary N) is 1. The summed E-state index contributed by atoms with van der Waals surface area (Å²) in [6, 6.07) is 15.3. The van der Waals surface area contributed by atoms with Gasteiger partial charge in [-0.3, -0.25) is 0 Å². The fraction of sp³-hybridized carbons (Fsp3) is 0.294. The number of hydrogen-bond acceptors (Lipinski definition) is 4. The van der Waals surface area contributed by atoms with E-state index in [0.29, 0.717) is 13.2 Å². The molecule has 4 nitrogen and oxygen atoms in total. The number of ether oxygens (including phenoxy) is 3. The standard InChI is InChI=1S/C17H21NO3/c1-19-14-8-9-17(20-2)15(10-14)16(18)12-21-11-13-6-4-3-5-7-13/h3-10,16H,11-12,18H2,1-2H3. The molecule has 0 aliphatic carbocycles. The SMILES string of the molecule is COc1ccc(OC)c(C(N)COCc2ccccc2)c1. The molecule has 0 fully saturated rings. The molecule has 0 spiro atoms. The van der Waals surface area contributed by atoms with E-state index in [-0.39, 0.29) is 6.04 Å². The molecule has 1 unspecified atom stereocenters. The van der Waals surface area contributed by atoms with E-state index >= 15 is 0 Å². The maximum atomic E-state index is 6.20. The molecule has 0 heterocycles. The molecule has 0 amide bonds. The van der Waals surface area contributed by atoms with Gasteiger partial charge in [-0.1, -0.05) is 30.3 Å². The van der Waals surface area contributed by atoms with Crippen molar-refractivity contribution in [3.05, 3.63) is 59.7 Å². The molecule has 2 aromatic carbocycles. The van der Waals surface area contributed by atoms with Crippen molar-refractivity contribution >= 4 is 0 Å². The number of rotatable bonds is 7. The fourth-order valence-corrected chi connectivity index (χ4v) is 2.10. The smallest absolute Gasteiger partial charge is 0.123 e. The van der Waals surface area contributed by atoms with E-state index in [4.69, 9.17) is 19.9 Å². The van der Waals surface area contributed by atoms with E-state index in [9.17, 15) is 0 Å². The lowest BCUT2D eigenvalue weighted by atomic mass is 10.1. The first-order valence-corrected chi connectivity index (χ1v) is 6.83. The summed E-state index contributed by atoms with van der Waals surface area (Å²) in [6.07, 6.45) is 0. The van der Waals surface area contributed by atoms with Crippen LogP contribution in [0.1, 0.15) is 17.2 Å². The number of hydrogen-bond donors (Lipinski definition) is 1. The number of methoxy groups -OCH3 is 2. The third-order valence-corrected chi connectivity index (χ3v) is 3.25. The maximum absolute atomic E-state index is 6.20. The molecule has 2 rings (SSSR count). The highest BCUT2D eigenvalue weighted by Crippen LogP contribution is 2.28. The van der Waals surface area contributed by atoms with E-state index in [1.807, 2.05) is 48.5 Å². The van der Waals surface area contributed by atoms with Gasteiger partial charge >= 0.3 is 0 Å². The highest BCUT2D eigenvalue weighted by atomic mass is 16.5. The molecule has 0 radical (unpaired) electrons. The van der Waals surface area contributed by atoms with Crippen LogP contribution in [0.2, 0.25) is 0 Å². The van der Waals surface area contributed by atoms with Crippen molar-refractivity contribution in [2.24, 2.45) is 5.73 Å². The minimum absolute atomic E-state index is 0.265. The van der Waals surface area contributed by atoms with Gasteiger partial charge < -0.3 is 19.9 Å². The number of benzene rings is 2. The largest absolute Gasteiger partial charge is 0.497 e. The second-order valence-corrected chi connectivity index (χ2v) is 4.72. The summed E-state index contributed by atoms with van der Waals surface area (Å²) in [7, 11) is 3.26. The molecule has 21 heavy (non-hydrogen) atoms. The van der Waals surface area contributed by atoms with Crippen LogP contribution in [-0.4, -0.2) is 20.8 Å². The van der Waals surface area contributed by atoms with Crippen molar-refractivity contribution in [1.29, 1.82) is 0 Å². The molecule has 4 heteroatoms. The van der Waals surface area contributed by atoms with Gasteiger partial charge in [0.05, 0.1) is 33.5 Å². The summed E-state index contributed by atoms with van der Waals surface area (Å²) in [5, 5.41) is 0. The van der Waals surface area contributed by atoms with Gasteiger partial charge in [0.1, 0.15) is 11.5 Å². The summed E-state index contributed by atoms with van der Waals surface area (Å²) in [5.41, 5.74) is 8.21. The normalized spacial score (nSPS) is 12.0. The Morgan fingerprint density at radius 2 is 1.76 bits per heavy atom. The van der Waals surface area contributed by atoms with Gasteiger partial charge in [0.15, 0.2) is 0 Å². The van der Waals surface area contributed by atoms with Crippen molar-refractivity contribution in [2.45, 2.75) is 12.6 Å². The zero-order valence-electron chi connectivity index (χ0n) is 12.4. The second-order valence-electron chi connectivity index (χ2n) is 4.72. The van der Waals surface area contributed by atoms with Gasteiger partial charge in [0.2, 0.25) is 0 Å². The van der Waals surface area contributed by atoms with E-state index in [0.717, 1.165) is 22.6 Å². The van der Waals surface area contributed by atoms with Gasteiger partial charge in [0, 0.05) is 5.56 Å². The van der Waals surface area contributed by atoms with Crippen LogP contribution in [0.15, 0.2) is 48.5 Å². The van der Waals surface area contributed by atoms with Crippen LogP contribution >= 0.6 is 0 Å². The zero-order chi connectivity index (χ0) is 15.1. The van der Waals surface area contributed by atoms with Crippen LogP contribution in [0.3, 0.4) is 0 Å². The molecule has 0 saturated heterocycles. The van der Waals surface area contributed by atoms with Crippen LogP contribution in [0.5, 0.6) is 11.5 Å². The molecule has 0 aliphatic rings.